The fourth-order valence-electron chi connectivity index (χ4n) is 2.79. The fraction of sp³-hybridized carbons (Fsp3) is 0.533. The number of hydrogen-bond donors (Lipinski definition) is 0. The zero-order chi connectivity index (χ0) is 18.5. The van der Waals surface area contributed by atoms with Crippen molar-refractivity contribution in [2.45, 2.75) is 31.1 Å². The molecule has 1 saturated heterocycles. The highest BCUT2D eigenvalue weighted by Gasteiger charge is 2.41. The van der Waals surface area contributed by atoms with Crippen molar-refractivity contribution in [2.75, 3.05) is 26.2 Å². The predicted octanol–water partition coefficient (Wildman–Crippen LogP) is 1.78. The molecule has 1 aromatic rings. The molecule has 25 heavy (non-hydrogen) atoms. The average Bonchev–Trinajstić information content (AvgIpc) is 2.55. The third-order valence-electron chi connectivity index (χ3n) is 3.93. The van der Waals surface area contributed by atoms with Gasteiger partial charge in [0.05, 0.1) is 11.5 Å². The van der Waals surface area contributed by atoms with E-state index in [4.69, 9.17) is 9.02 Å². The first kappa shape index (κ1) is 19.3. The number of carbonyl (C=O) groups excluding carboxylic acids is 1. The van der Waals surface area contributed by atoms with E-state index in [9.17, 15) is 23.3 Å². The summed E-state index contributed by atoms with van der Waals surface area (Å²) in [5.74, 6) is -0.543. The number of likely N-dealkylation sites (tertiary alicyclic amines) is 1. The van der Waals surface area contributed by atoms with Gasteiger partial charge in [0.15, 0.2) is 0 Å². The molecule has 10 heteroatoms. The molecule has 9 nitrogen and oxygen atoms in total. The minimum Gasteiger partial charge on any atom is -0.462 e. The second kappa shape index (κ2) is 7.89. The number of piperidine rings is 1. The number of quaternary nitrogens is 1. The van der Waals surface area contributed by atoms with E-state index in [-0.39, 0.29) is 28.4 Å². The van der Waals surface area contributed by atoms with Crippen LogP contribution >= 0.6 is 0 Å². The molecule has 0 aromatic heterocycles. The molecule has 1 heterocycles. The van der Waals surface area contributed by atoms with E-state index < -0.39 is 21.0 Å². The first-order valence-electron chi connectivity index (χ1n) is 8.00. The standard InChI is InChI=1S/C15H21N2O7S/c1-2-23-15(18)12-17(9-4-3-5-10-17)24-25(21,22)14-8-6-7-13(11-14)16(19)20/h6-8,11H,2-5,9-10,12H2,1H3/q+1. The number of carbonyl (C=O) groups is 1. The highest BCUT2D eigenvalue weighted by molar-refractivity contribution is 7.86. The average molecular weight is 373 g/mol. The van der Waals surface area contributed by atoms with Gasteiger partial charge in [0, 0.05) is 12.1 Å². The van der Waals surface area contributed by atoms with Crippen molar-refractivity contribution in [1.29, 1.82) is 0 Å². The van der Waals surface area contributed by atoms with Crippen molar-refractivity contribution in [3.05, 3.63) is 34.4 Å². The van der Waals surface area contributed by atoms with Crippen molar-refractivity contribution in [3.63, 3.8) is 0 Å². The van der Waals surface area contributed by atoms with Gasteiger partial charge in [-0.25, -0.2) is 4.79 Å². The van der Waals surface area contributed by atoms with E-state index in [1.165, 1.54) is 18.2 Å². The van der Waals surface area contributed by atoms with Crippen molar-refractivity contribution in [2.24, 2.45) is 0 Å². The number of nitro benzene ring substituents is 1. The predicted molar refractivity (Wildman–Crippen MR) is 86.7 cm³/mol. The molecule has 2 rings (SSSR count). The Balaban J connectivity index is 2.28. The van der Waals surface area contributed by atoms with E-state index in [1.807, 2.05) is 0 Å². The quantitative estimate of drug-likeness (QED) is 0.310. The summed E-state index contributed by atoms with van der Waals surface area (Å²) in [5.41, 5.74) is -0.347. The number of hydroxylamine groups is 3. The zero-order valence-corrected chi connectivity index (χ0v) is 14.7. The molecule has 0 amide bonds. The fourth-order valence-corrected chi connectivity index (χ4v) is 4.01. The van der Waals surface area contributed by atoms with Gasteiger partial charge in [-0.15, -0.1) is 0 Å². The number of nitrogens with zero attached hydrogens (tertiary/aromatic N) is 2. The van der Waals surface area contributed by atoms with Crippen LogP contribution < -0.4 is 0 Å². The van der Waals surface area contributed by atoms with Gasteiger partial charge in [-0.3, -0.25) is 10.1 Å². The van der Waals surface area contributed by atoms with Crippen molar-refractivity contribution < 1.29 is 31.8 Å². The van der Waals surface area contributed by atoms with Crippen LogP contribution in [0.1, 0.15) is 26.2 Å². The Kier molecular flexibility index (Phi) is 6.09. The normalized spacial score (nSPS) is 17.0. The third-order valence-corrected chi connectivity index (χ3v) is 5.27. The molecule has 1 aliphatic rings. The molecule has 0 unspecified atom stereocenters. The molecule has 1 aliphatic heterocycles. The Morgan fingerprint density at radius 2 is 1.96 bits per heavy atom. The summed E-state index contributed by atoms with van der Waals surface area (Å²) in [6, 6.07) is 4.65. The lowest BCUT2D eigenvalue weighted by Crippen LogP contribution is -2.55. The van der Waals surface area contributed by atoms with Crippen LogP contribution in [0.3, 0.4) is 0 Å². The largest absolute Gasteiger partial charge is 0.462 e. The minimum atomic E-state index is -4.27. The second-order valence-electron chi connectivity index (χ2n) is 5.81. The maximum absolute atomic E-state index is 12.6. The van der Waals surface area contributed by atoms with E-state index in [1.54, 1.807) is 6.92 Å². The van der Waals surface area contributed by atoms with Gasteiger partial charge in [0.1, 0.15) is 18.0 Å². The van der Waals surface area contributed by atoms with Crippen LogP contribution in [0.2, 0.25) is 0 Å². The summed E-state index contributed by atoms with van der Waals surface area (Å²) in [6.45, 7) is 2.34. The lowest BCUT2D eigenvalue weighted by Gasteiger charge is -2.35. The van der Waals surface area contributed by atoms with Crippen LogP contribution in [0.15, 0.2) is 29.2 Å². The third kappa shape index (κ3) is 4.97. The number of ether oxygens (including phenoxy) is 1. The number of esters is 1. The van der Waals surface area contributed by atoms with E-state index in [2.05, 4.69) is 0 Å². The number of rotatable bonds is 7. The Labute approximate surface area is 146 Å². The summed E-state index contributed by atoms with van der Waals surface area (Å²) in [7, 11) is -4.27. The Hall–Kier alpha value is -2.04. The van der Waals surface area contributed by atoms with Crippen molar-refractivity contribution in [3.8, 4) is 0 Å². The molecular weight excluding hydrogens is 352 g/mol. The first-order chi connectivity index (χ1) is 11.8. The zero-order valence-electron chi connectivity index (χ0n) is 13.9. The van der Waals surface area contributed by atoms with Crippen LogP contribution in [0.4, 0.5) is 5.69 Å². The molecule has 0 saturated carbocycles. The topological polar surface area (TPSA) is 113 Å². The molecule has 0 aliphatic carbocycles. The smallest absolute Gasteiger partial charge is 0.364 e. The van der Waals surface area contributed by atoms with Crippen LogP contribution in [-0.2, 0) is 23.9 Å². The minimum absolute atomic E-state index is 0.191. The lowest BCUT2D eigenvalue weighted by molar-refractivity contribution is -1.08. The summed E-state index contributed by atoms with van der Waals surface area (Å²) < 4.78 is 35.1. The molecule has 0 bridgehead atoms. The highest BCUT2D eigenvalue weighted by Crippen LogP contribution is 2.26. The van der Waals surface area contributed by atoms with Crippen LogP contribution in [0, 0.1) is 10.1 Å². The second-order valence-corrected chi connectivity index (χ2v) is 7.34. The Morgan fingerprint density at radius 1 is 1.28 bits per heavy atom. The molecule has 1 aromatic carbocycles. The molecule has 0 N–H and O–H groups in total. The van der Waals surface area contributed by atoms with Gasteiger partial charge in [-0.2, -0.15) is 13.1 Å². The van der Waals surface area contributed by atoms with Crippen molar-refractivity contribution in [1.82, 2.24) is 0 Å². The van der Waals surface area contributed by atoms with Gasteiger partial charge in [-0.1, -0.05) is 10.4 Å². The van der Waals surface area contributed by atoms with E-state index in [0.29, 0.717) is 25.9 Å². The molecule has 0 radical (unpaired) electrons. The van der Waals surface area contributed by atoms with Gasteiger partial charge in [0.25, 0.3) is 5.69 Å². The molecule has 1 fully saturated rings. The van der Waals surface area contributed by atoms with Gasteiger partial charge >= 0.3 is 16.1 Å². The summed E-state index contributed by atoms with van der Waals surface area (Å²) in [5, 5.41) is 10.9. The SMILES string of the molecule is CCOC(=O)C[N+]1(OS(=O)(=O)c2cccc([N+](=O)[O-])c2)CCCCC1. The highest BCUT2D eigenvalue weighted by atomic mass is 32.2. The molecular formula is C15H21N2O7S+. The Bertz CT molecular complexity index is 742. The van der Waals surface area contributed by atoms with E-state index >= 15 is 0 Å². The molecule has 0 spiro atoms. The maximum Gasteiger partial charge on any atom is 0.364 e. The van der Waals surface area contributed by atoms with Gasteiger partial charge in [0.2, 0.25) is 6.54 Å². The first-order valence-corrected chi connectivity index (χ1v) is 9.41. The number of non-ortho nitro benzene ring substituents is 1. The van der Waals surface area contributed by atoms with E-state index in [0.717, 1.165) is 12.5 Å². The van der Waals surface area contributed by atoms with Gasteiger partial charge < -0.3 is 4.74 Å². The summed E-state index contributed by atoms with van der Waals surface area (Å²) in [4.78, 5) is 21.7. The van der Waals surface area contributed by atoms with Gasteiger partial charge in [-0.05, 0) is 32.3 Å². The van der Waals surface area contributed by atoms with Crippen LogP contribution in [0.25, 0.3) is 0 Å². The monoisotopic (exact) mass is 373 g/mol. The maximum atomic E-state index is 12.6. The number of hydrogen-bond acceptors (Lipinski definition) is 7. The van der Waals surface area contributed by atoms with Crippen molar-refractivity contribution >= 4 is 21.8 Å². The number of nitro groups is 1. The van der Waals surface area contributed by atoms with Crippen LogP contribution in [0.5, 0.6) is 0 Å². The lowest BCUT2D eigenvalue weighted by atomic mass is 10.1. The number of benzene rings is 1. The van der Waals surface area contributed by atoms with Crippen LogP contribution in [-0.4, -0.2) is 50.2 Å². The molecule has 138 valence electrons. The summed E-state index contributed by atoms with van der Waals surface area (Å²) in [6.07, 6.45) is 2.34. The Morgan fingerprint density at radius 3 is 2.56 bits per heavy atom. The molecule has 0 atom stereocenters. The summed E-state index contributed by atoms with van der Waals surface area (Å²) >= 11 is 0.